The van der Waals surface area contributed by atoms with Gasteiger partial charge in [0.25, 0.3) is 0 Å². The third kappa shape index (κ3) is 3.63. The Labute approximate surface area is 121 Å². The van der Waals surface area contributed by atoms with E-state index in [1.807, 2.05) is 19.2 Å². The van der Waals surface area contributed by atoms with Crippen LogP contribution in [0.1, 0.15) is 45.1 Å². The predicted molar refractivity (Wildman–Crippen MR) is 81.9 cm³/mol. The lowest BCUT2D eigenvalue weighted by Gasteiger charge is -2.34. The second-order valence-corrected chi connectivity index (χ2v) is 5.75. The quantitative estimate of drug-likeness (QED) is 0.740. The molecule has 102 valence electrons. The number of likely N-dealkylation sites (N-methyl/N-ethyl adjacent to an activating group) is 1. The van der Waals surface area contributed by atoms with Gasteiger partial charge in [0.15, 0.2) is 0 Å². The highest BCUT2D eigenvalue weighted by molar-refractivity contribution is 6.42. The predicted octanol–water partition coefficient (Wildman–Crippen LogP) is 5.05. The maximum atomic E-state index is 6.17. The molecule has 18 heavy (non-hydrogen) atoms. The summed E-state index contributed by atoms with van der Waals surface area (Å²) in [4.78, 5) is 0. The molecule has 0 unspecified atom stereocenters. The van der Waals surface area contributed by atoms with Gasteiger partial charge in [-0.25, -0.2) is 0 Å². The zero-order chi connectivity index (χ0) is 13.6. The standard InChI is InChI=1S/C15H23Cl2N/c1-4-8-15(9-5-2,11-18-3)12-6-7-13(16)14(17)10-12/h6-7,10,18H,4-5,8-9,11H2,1-3H3. The number of rotatable bonds is 7. The molecular weight excluding hydrogens is 265 g/mol. The number of benzene rings is 1. The molecule has 0 aromatic heterocycles. The van der Waals surface area contributed by atoms with Crippen molar-refractivity contribution in [1.29, 1.82) is 0 Å². The van der Waals surface area contributed by atoms with E-state index in [0.29, 0.717) is 10.0 Å². The van der Waals surface area contributed by atoms with Gasteiger partial charge in [-0.15, -0.1) is 0 Å². The van der Waals surface area contributed by atoms with Crippen molar-refractivity contribution in [2.75, 3.05) is 13.6 Å². The van der Waals surface area contributed by atoms with Crippen molar-refractivity contribution in [3.63, 3.8) is 0 Å². The van der Waals surface area contributed by atoms with E-state index in [4.69, 9.17) is 23.2 Å². The van der Waals surface area contributed by atoms with Crippen LogP contribution >= 0.6 is 23.2 Å². The Bertz CT molecular complexity index is 360. The molecule has 0 saturated heterocycles. The summed E-state index contributed by atoms with van der Waals surface area (Å²) in [6.07, 6.45) is 4.67. The number of halogens is 2. The maximum Gasteiger partial charge on any atom is 0.0595 e. The van der Waals surface area contributed by atoms with Crippen molar-refractivity contribution >= 4 is 23.2 Å². The van der Waals surface area contributed by atoms with Crippen molar-refractivity contribution in [2.45, 2.75) is 44.9 Å². The van der Waals surface area contributed by atoms with E-state index in [1.165, 1.54) is 31.2 Å². The number of hydrogen-bond donors (Lipinski definition) is 1. The molecule has 0 bridgehead atoms. The first kappa shape index (κ1) is 15.8. The second-order valence-electron chi connectivity index (χ2n) is 4.94. The van der Waals surface area contributed by atoms with Crippen LogP contribution < -0.4 is 5.32 Å². The van der Waals surface area contributed by atoms with Gasteiger partial charge in [0.1, 0.15) is 0 Å². The van der Waals surface area contributed by atoms with Gasteiger partial charge in [0.2, 0.25) is 0 Å². The lowest BCUT2D eigenvalue weighted by Crippen LogP contribution is -2.36. The Morgan fingerprint density at radius 3 is 2.11 bits per heavy atom. The zero-order valence-corrected chi connectivity index (χ0v) is 13.0. The molecule has 0 aliphatic heterocycles. The summed E-state index contributed by atoms with van der Waals surface area (Å²) >= 11 is 12.2. The zero-order valence-electron chi connectivity index (χ0n) is 11.5. The van der Waals surface area contributed by atoms with Crippen LogP contribution in [0.2, 0.25) is 10.0 Å². The van der Waals surface area contributed by atoms with Gasteiger partial charge in [-0.2, -0.15) is 0 Å². The van der Waals surface area contributed by atoms with Crippen LogP contribution in [0.4, 0.5) is 0 Å². The highest BCUT2D eigenvalue weighted by atomic mass is 35.5. The topological polar surface area (TPSA) is 12.0 Å². The van der Waals surface area contributed by atoms with Crippen LogP contribution in [0.5, 0.6) is 0 Å². The van der Waals surface area contributed by atoms with E-state index in [1.54, 1.807) is 0 Å². The number of nitrogens with one attached hydrogen (secondary N) is 1. The molecule has 0 aliphatic rings. The Morgan fingerprint density at radius 2 is 1.67 bits per heavy atom. The first-order valence-corrected chi connectivity index (χ1v) is 7.45. The summed E-state index contributed by atoms with van der Waals surface area (Å²) in [5, 5.41) is 4.62. The highest BCUT2D eigenvalue weighted by Crippen LogP contribution is 2.36. The molecule has 0 heterocycles. The molecule has 0 fully saturated rings. The minimum atomic E-state index is 0.173. The summed E-state index contributed by atoms with van der Waals surface area (Å²) in [6.45, 7) is 5.45. The van der Waals surface area contributed by atoms with Crippen molar-refractivity contribution in [1.82, 2.24) is 5.32 Å². The summed E-state index contributed by atoms with van der Waals surface area (Å²) in [5.74, 6) is 0. The molecule has 0 spiro atoms. The Hall–Kier alpha value is -0.240. The minimum Gasteiger partial charge on any atom is -0.319 e. The molecule has 1 N–H and O–H groups in total. The fraction of sp³-hybridized carbons (Fsp3) is 0.600. The number of hydrogen-bond acceptors (Lipinski definition) is 1. The van der Waals surface area contributed by atoms with Crippen LogP contribution in [0, 0.1) is 0 Å². The smallest absolute Gasteiger partial charge is 0.0595 e. The van der Waals surface area contributed by atoms with E-state index >= 15 is 0 Å². The third-order valence-electron chi connectivity index (χ3n) is 3.50. The molecule has 0 aliphatic carbocycles. The van der Waals surface area contributed by atoms with Gasteiger partial charge in [0.05, 0.1) is 10.0 Å². The monoisotopic (exact) mass is 287 g/mol. The second kappa shape index (κ2) is 7.37. The molecule has 3 heteroatoms. The van der Waals surface area contributed by atoms with Gasteiger partial charge in [-0.05, 0) is 37.6 Å². The van der Waals surface area contributed by atoms with E-state index in [9.17, 15) is 0 Å². The molecule has 0 radical (unpaired) electrons. The Balaban J connectivity index is 3.16. The molecule has 1 aromatic rings. The van der Waals surface area contributed by atoms with Crippen LogP contribution in [0.3, 0.4) is 0 Å². The minimum absolute atomic E-state index is 0.173. The van der Waals surface area contributed by atoms with E-state index < -0.39 is 0 Å². The largest absolute Gasteiger partial charge is 0.319 e. The van der Waals surface area contributed by atoms with Crippen molar-refractivity contribution in [2.24, 2.45) is 0 Å². The normalized spacial score (nSPS) is 11.8. The average molecular weight is 288 g/mol. The summed E-state index contributed by atoms with van der Waals surface area (Å²) in [6, 6.07) is 6.07. The van der Waals surface area contributed by atoms with Crippen molar-refractivity contribution in [3.8, 4) is 0 Å². The van der Waals surface area contributed by atoms with Crippen LogP contribution in [-0.2, 0) is 5.41 Å². The molecule has 1 nitrogen and oxygen atoms in total. The SMILES string of the molecule is CCCC(CCC)(CNC)c1ccc(Cl)c(Cl)c1. The summed E-state index contributed by atoms with van der Waals surface area (Å²) in [7, 11) is 2.01. The van der Waals surface area contributed by atoms with Crippen LogP contribution in [0.25, 0.3) is 0 Å². The molecular formula is C15H23Cl2N. The van der Waals surface area contributed by atoms with Gasteiger partial charge < -0.3 is 5.32 Å². The van der Waals surface area contributed by atoms with E-state index in [2.05, 4.69) is 25.2 Å². The van der Waals surface area contributed by atoms with Gasteiger partial charge in [0, 0.05) is 12.0 Å². The van der Waals surface area contributed by atoms with E-state index in [-0.39, 0.29) is 5.41 Å². The first-order valence-electron chi connectivity index (χ1n) is 6.69. The van der Waals surface area contributed by atoms with Gasteiger partial charge in [-0.1, -0.05) is 56.0 Å². The first-order chi connectivity index (χ1) is 8.59. The summed E-state index contributed by atoms with van der Waals surface area (Å²) in [5.41, 5.74) is 1.47. The fourth-order valence-electron chi connectivity index (χ4n) is 2.81. The fourth-order valence-corrected chi connectivity index (χ4v) is 3.11. The van der Waals surface area contributed by atoms with Crippen molar-refractivity contribution < 1.29 is 0 Å². The van der Waals surface area contributed by atoms with Gasteiger partial charge in [-0.3, -0.25) is 0 Å². The molecule has 0 saturated carbocycles. The lowest BCUT2D eigenvalue weighted by molar-refractivity contribution is 0.344. The molecule has 1 aromatic carbocycles. The van der Waals surface area contributed by atoms with E-state index in [0.717, 1.165) is 6.54 Å². The summed E-state index contributed by atoms with van der Waals surface area (Å²) < 4.78 is 0. The molecule has 0 amide bonds. The Morgan fingerprint density at radius 1 is 1.06 bits per heavy atom. The van der Waals surface area contributed by atoms with Crippen LogP contribution in [-0.4, -0.2) is 13.6 Å². The van der Waals surface area contributed by atoms with Crippen molar-refractivity contribution in [3.05, 3.63) is 33.8 Å². The molecule has 0 atom stereocenters. The third-order valence-corrected chi connectivity index (χ3v) is 4.24. The molecule has 1 rings (SSSR count). The average Bonchev–Trinajstić information content (AvgIpc) is 2.33. The maximum absolute atomic E-state index is 6.17. The highest BCUT2D eigenvalue weighted by Gasteiger charge is 2.30. The Kier molecular flexibility index (Phi) is 6.48. The van der Waals surface area contributed by atoms with Gasteiger partial charge >= 0.3 is 0 Å². The van der Waals surface area contributed by atoms with Crippen LogP contribution in [0.15, 0.2) is 18.2 Å². The lowest BCUT2D eigenvalue weighted by atomic mass is 9.73.